The molecule has 1 heterocycles. The molecule has 2 N–H and O–H groups in total. The van der Waals surface area contributed by atoms with Crippen molar-refractivity contribution in [3.05, 3.63) is 57.3 Å². The van der Waals surface area contributed by atoms with Gasteiger partial charge < -0.3 is 10.4 Å². The fourth-order valence-electron chi connectivity index (χ4n) is 4.57. The van der Waals surface area contributed by atoms with Gasteiger partial charge in [0.05, 0.1) is 35.5 Å². The summed E-state index contributed by atoms with van der Waals surface area (Å²) in [6.45, 7) is 4.12. The van der Waals surface area contributed by atoms with Crippen LogP contribution in [0.15, 0.2) is 30.4 Å². The predicted octanol–water partition coefficient (Wildman–Crippen LogP) is 4.32. The summed E-state index contributed by atoms with van der Waals surface area (Å²) in [5.41, 5.74) is 2.94. The number of carbonyl (C=O) groups is 2. The van der Waals surface area contributed by atoms with Gasteiger partial charge in [0.1, 0.15) is 0 Å². The van der Waals surface area contributed by atoms with Crippen LogP contribution in [0.3, 0.4) is 0 Å². The Balaban J connectivity index is 1.56. The van der Waals surface area contributed by atoms with Crippen LogP contribution in [-0.4, -0.2) is 26.8 Å². The van der Waals surface area contributed by atoms with E-state index >= 15 is 0 Å². The first-order chi connectivity index (χ1) is 13.8. The lowest BCUT2D eigenvalue weighted by molar-refractivity contribution is -0.146. The normalized spacial score (nSPS) is 24.8. The number of hydrogen-bond donors (Lipinski definition) is 2. The minimum absolute atomic E-state index is 0.0235. The number of aliphatic carboxylic acids is 1. The number of carboxylic acid groups (broad SMARTS) is 1. The topological polar surface area (TPSA) is 84.2 Å². The summed E-state index contributed by atoms with van der Waals surface area (Å²) in [7, 11) is 0. The van der Waals surface area contributed by atoms with E-state index in [1.165, 1.54) is 0 Å². The highest BCUT2D eigenvalue weighted by Crippen LogP contribution is 2.48. The Hall–Kier alpha value is -2.31. The molecule has 152 valence electrons. The molecule has 29 heavy (non-hydrogen) atoms. The molecule has 2 bridgehead atoms. The van der Waals surface area contributed by atoms with Gasteiger partial charge in [-0.2, -0.15) is 5.10 Å². The summed E-state index contributed by atoms with van der Waals surface area (Å²) >= 11 is 12.2. The van der Waals surface area contributed by atoms with Gasteiger partial charge in [0.15, 0.2) is 0 Å². The first kappa shape index (κ1) is 20.0. The van der Waals surface area contributed by atoms with E-state index in [0.29, 0.717) is 28.0 Å². The fraction of sp³-hybridized carbons (Fsp3) is 0.381. The van der Waals surface area contributed by atoms with Crippen LogP contribution < -0.4 is 5.32 Å². The summed E-state index contributed by atoms with van der Waals surface area (Å²) in [6.07, 6.45) is 4.62. The molecule has 0 saturated heterocycles. The second kappa shape index (κ2) is 7.50. The van der Waals surface area contributed by atoms with Crippen molar-refractivity contribution in [3.8, 4) is 0 Å². The molecule has 0 unspecified atom stereocenters. The van der Waals surface area contributed by atoms with Crippen LogP contribution in [0.2, 0.25) is 10.0 Å². The first-order valence-corrected chi connectivity index (χ1v) is 10.2. The van der Waals surface area contributed by atoms with Gasteiger partial charge in [-0.05, 0) is 49.8 Å². The van der Waals surface area contributed by atoms with E-state index in [1.54, 1.807) is 16.8 Å². The van der Waals surface area contributed by atoms with E-state index in [0.717, 1.165) is 17.7 Å². The number of hydrogen-bond acceptors (Lipinski definition) is 3. The van der Waals surface area contributed by atoms with E-state index in [-0.39, 0.29) is 17.7 Å². The predicted molar refractivity (Wildman–Crippen MR) is 111 cm³/mol. The number of benzene rings is 1. The fourth-order valence-corrected chi connectivity index (χ4v) is 5.03. The number of amides is 1. The summed E-state index contributed by atoms with van der Waals surface area (Å²) < 4.78 is 1.77. The Morgan fingerprint density at radius 1 is 1.21 bits per heavy atom. The van der Waals surface area contributed by atoms with Gasteiger partial charge >= 0.3 is 5.97 Å². The van der Waals surface area contributed by atoms with Gasteiger partial charge in [0.2, 0.25) is 5.91 Å². The number of nitrogens with one attached hydrogen (secondary N) is 1. The molecule has 2 aliphatic rings. The van der Waals surface area contributed by atoms with Gasteiger partial charge in [-0.15, -0.1) is 0 Å². The quantitative estimate of drug-likeness (QED) is 0.687. The van der Waals surface area contributed by atoms with Crippen molar-refractivity contribution in [2.24, 2.45) is 23.7 Å². The highest BCUT2D eigenvalue weighted by Gasteiger charge is 2.51. The highest BCUT2D eigenvalue weighted by molar-refractivity contribution is 6.35. The number of fused-ring (bicyclic) bond motifs is 2. The van der Waals surface area contributed by atoms with E-state index in [1.807, 2.05) is 32.1 Å². The summed E-state index contributed by atoms with van der Waals surface area (Å²) in [5.74, 6) is -2.49. The Kier molecular flexibility index (Phi) is 5.17. The summed E-state index contributed by atoms with van der Waals surface area (Å²) in [4.78, 5) is 24.7. The third kappa shape index (κ3) is 3.55. The number of aromatic nitrogens is 2. The zero-order valence-electron chi connectivity index (χ0n) is 16.0. The second-order valence-corrected chi connectivity index (χ2v) is 8.61. The molecule has 1 saturated carbocycles. The number of halogens is 2. The number of aryl methyl sites for hydroxylation is 1. The Morgan fingerprint density at radius 2 is 1.90 bits per heavy atom. The standard InChI is InChI=1S/C21H21Cl2N3O3/c1-10-19(11(2)26(25-10)9-14-5-6-15(22)8-16(14)23)24-20(27)17-12-3-4-13(7-12)18(17)21(28)29/h3-6,8,12-13,17-18H,7,9H2,1-2H3,(H,24,27)(H,28,29)/t12-,13-,17+,18-/m0/s1. The number of carboxylic acids is 1. The van der Waals surface area contributed by atoms with Crippen molar-refractivity contribution in [2.75, 3.05) is 5.32 Å². The van der Waals surface area contributed by atoms with Crippen LogP contribution in [0.4, 0.5) is 5.69 Å². The molecular formula is C21H21Cl2N3O3. The van der Waals surface area contributed by atoms with Crippen LogP contribution >= 0.6 is 23.2 Å². The lowest BCUT2D eigenvalue weighted by atomic mass is 9.82. The van der Waals surface area contributed by atoms with Crippen LogP contribution in [0.1, 0.15) is 23.4 Å². The van der Waals surface area contributed by atoms with E-state index in [2.05, 4.69) is 10.4 Å². The van der Waals surface area contributed by atoms with Gasteiger partial charge in [0, 0.05) is 10.0 Å². The summed E-state index contributed by atoms with van der Waals surface area (Å²) in [6, 6.07) is 5.30. The zero-order valence-corrected chi connectivity index (χ0v) is 17.5. The van der Waals surface area contributed by atoms with Crippen molar-refractivity contribution in [1.82, 2.24) is 9.78 Å². The van der Waals surface area contributed by atoms with Crippen molar-refractivity contribution in [1.29, 1.82) is 0 Å². The van der Waals surface area contributed by atoms with E-state index < -0.39 is 17.8 Å². The molecule has 0 spiro atoms. The molecule has 4 rings (SSSR count). The molecule has 0 radical (unpaired) electrons. The lowest BCUT2D eigenvalue weighted by Crippen LogP contribution is -2.36. The average Bonchev–Trinajstić information content (AvgIpc) is 3.34. The molecular weight excluding hydrogens is 413 g/mol. The largest absolute Gasteiger partial charge is 0.481 e. The number of anilines is 1. The molecule has 4 atom stereocenters. The van der Waals surface area contributed by atoms with Gasteiger partial charge in [-0.25, -0.2) is 0 Å². The van der Waals surface area contributed by atoms with Crippen LogP contribution in [0.25, 0.3) is 0 Å². The van der Waals surface area contributed by atoms with Crippen LogP contribution in [-0.2, 0) is 16.1 Å². The molecule has 0 aliphatic heterocycles. The summed E-state index contributed by atoms with van der Waals surface area (Å²) in [5, 5.41) is 18.2. The first-order valence-electron chi connectivity index (χ1n) is 9.46. The minimum Gasteiger partial charge on any atom is -0.481 e. The molecule has 1 amide bonds. The number of allylic oxidation sites excluding steroid dienone is 2. The van der Waals surface area contributed by atoms with Crippen molar-refractivity contribution in [2.45, 2.75) is 26.8 Å². The van der Waals surface area contributed by atoms with Crippen molar-refractivity contribution in [3.63, 3.8) is 0 Å². The Morgan fingerprint density at radius 3 is 2.55 bits per heavy atom. The zero-order chi connectivity index (χ0) is 20.9. The number of rotatable bonds is 5. The maximum atomic E-state index is 13.0. The number of nitrogens with zero attached hydrogens (tertiary/aromatic N) is 2. The minimum atomic E-state index is -0.913. The third-order valence-corrected chi connectivity index (χ3v) is 6.60. The lowest BCUT2D eigenvalue weighted by Gasteiger charge is -2.23. The monoisotopic (exact) mass is 433 g/mol. The molecule has 8 heteroatoms. The number of carbonyl (C=O) groups excluding carboxylic acids is 1. The highest BCUT2D eigenvalue weighted by atomic mass is 35.5. The van der Waals surface area contributed by atoms with Crippen LogP contribution in [0, 0.1) is 37.5 Å². The van der Waals surface area contributed by atoms with Gasteiger partial charge in [0.25, 0.3) is 0 Å². The van der Waals surface area contributed by atoms with E-state index in [9.17, 15) is 14.7 Å². The van der Waals surface area contributed by atoms with Crippen molar-refractivity contribution >= 4 is 40.8 Å². The maximum absolute atomic E-state index is 13.0. The van der Waals surface area contributed by atoms with Crippen molar-refractivity contribution < 1.29 is 14.7 Å². The second-order valence-electron chi connectivity index (χ2n) is 7.77. The molecule has 6 nitrogen and oxygen atoms in total. The Bertz CT molecular complexity index is 1030. The average molecular weight is 434 g/mol. The smallest absolute Gasteiger partial charge is 0.307 e. The van der Waals surface area contributed by atoms with Crippen LogP contribution in [0.5, 0.6) is 0 Å². The van der Waals surface area contributed by atoms with E-state index in [4.69, 9.17) is 23.2 Å². The maximum Gasteiger partial charge on any atom is 0.307 e. The molecule has 2 aliphatic carbocycles. The Labute approximate surface area is 178 Å². The molecule has 1 aromatic carbocycles. The van der Waals surface area contributed by atoms with Gasteiger partial charge in [-0.3, -0.25) is 14.3 Å². The molecule has 1 aromatic heterocycles. The third-order valence-electron chi connectivity index (χ3n) is 6.01. The van der Waals surface area contributed by atoms with Gasteiger partial charge in [-0.1, -0.05) is 41.4 Å². The SMILES string of the molecule is Cc1nn(Cc2ccc(Cl)cc2Cl)c(C)c1NC(=O)[C@H]1[C@@H](C(=O)O)[C@H]2C=C[C@H]1C2. The molecule has 1 fully saturated rings. The molecule has 2 aromatic rings.